The summed E-state index contributed by atoms with van der Waals surface area (Å²) in [4.78, 5) is 33.2. The number of hydrogen-bond donors (Lipinski definition) is 1. The molecule has 0 spiro atoms. The van der Waals surface area contributed by atoms with E-state index in [4.69, 9.17) is 9.73 Å². The second-order valence-corrected chi connectivity index (χ2v) is 9.05. The van der Waals surface area contributed by atoms with Gasteiger partial charge in [-0.25, -0.2) is 9.98 Å². The summed E-state index contributed by atoms with van der Waals surface area (Å²) in [5.41, 5.74) is -0.101. The predicted octanol–water partition coefficient (Wildman–Crippen LogP) is 3.24. The Hall–Kier alpha value is -1.55. The lowest BCUT2D eigenvalue weighted by atomic mass is 9.80. The van der Waals surface area contributed by atoms with Gasteiger partial charge in [-0.15, -0.1) is 11.3 Å². The molecule has 0 saturated carbocycles. The zero-order valence-electron chi connectivity index (χ0n) is 14.1. The summed E-state index contributed by atoms with van der Waals surface area (Å²) in [7, 11) is 0. The van der Waals surface area contributed by atoms with E-state index in [1.165, 1.54) is 23.1 Å². The summed E-state index contributed by atoms with van der Waals surface area (Å²) in [5.74, 6) is 0.652. The molecule has 0 aliphatic carbocycles. The smallest absolute Gasteiger partial charge is 0.257 e. The molecule has 0 bridgehead atoms. The number of amidine groups is 1. The summed E-state index contributed by atoms with van der Waals surface area (Å²) in [6.07, 6.45) is 1.03. The number of benzene rings is 1. The number of rotatable bonds is 3. The second kappa shape index (κ2) is 7.83. The molecular formula is C18H16BrN3O3S2. The fourth-order valence-electron chi connectivity index (χ4n) is 3.27. The number of hydrogen-bond acceptors (Lipinski definition) is 7. The molecule has 3 atom stereocenters. The zero-order chi connectivity index (χ0) is 18.9. The van der Waals surface area contributed by atoms with Crippen LogP contribution in [0, 0.1) is 5.92 Å². The van der Waals surface area contributed by atoms with Gasteiger partial charge in [0.15, 0.2) is 5.17 Å². The maximum atomic E-state index is 12.5. The molecule has 1 amide bonds. The number of fused-ring (bicyclic) bond motifs is 1. The van der Waals surface area contributed by atoms with Crippen LogP contribution in [-0.4, -0.2) is 40.8 Å². The van der Waals surface area contributed by atoms with Gasteiger partial charge in [0.1, 0.15) is 27.5 Å². The van der Waals surface area contributed by atoms with Gasteiger partial charge in [-0.3, -0.25) is 4.79 Å². The summed E-state index contributed by atoms with van der Waals surface area (Å²) in [6, 6.07) is 9.04. The van der Waals surface area contributed by atoms with Gasteiger partial charge in [0.05, 0.1) is 6.61 Å². The highest BCUT2D eigenvalue weighted by Crippen LogP contribution is 2.47. The van der Waals surface area contributed by atoms with Crippen LogP contribution in [0.1, 0.15) is 21.8 Å². The van der Waals surface area contributed by atoms with Crippen molar-refractivity contribution in [2.45, 2.75) is 18.1 Å². The molecule has 1 aromatic carbocycles. The number of halogens is 1. The maximum absolute atomic E-state index is 12.5. The fourth-order valence-corrected chi connectivity index (χ4v) is 5.90. The molecule has 1 fully saturated rings. The maximum Gasteiger partial charge on any atom is 0.257 e. The minimum Gasteiger partial charge on any atom is -0.368 e. The van der Waals surface area contributed by atoms with Crippen molar-refractivity contribution in [1.29, 1.82) is 0 Å². The lowest BCUT2D eigenvalue weighted by molar-refractivity contribution is -0.126. The number of thioether (sulfide) groups is 1. The lowest BCUT2D eigenvalue weighted by Crippen LogP contribution is -2.51. The number of aromatic nitrogens is 1. The standard InChI is InChI=1S/C18H16BrN3O3S2/c19-14-9-26-16(20-14)18-10-25-13(7-23)6-12(18)8-27-17(22-18)21-15(24)11-4-2-1-3-5-11/h1-5,7,9,12-13H,6,8,10H2,(H,21,22,24)/t12-,13+,18-/m0/s1. The molecule has 2 aromatic rings. The normalized spacial score (nSPS) is 27.4. The Kier molecular flexibility index (Phi) is 5.45. The van der Waals surface area contributed by atoms with Gasteiger partial charge in [-0.05, 0) is 34.5 Å². The first-order valence-electron chi connectivity index (χ1n) is 8.38. The van der Waals surface area contributed by atoms with Crippen LogP contribution in [0.25, 0.3) is 0 Å². The molecule has 1 aromatic heterocycles. The van der Waals surface area contributed by atoms with Crippen molar-refractivity contribution in [3.8, 4) is 0 Å². The monoisotopic (exact) mass is 465 g/mol. The topological polar surface area (TPSA) is 80.7 Å². The van der Waals surface area contributed by atoms with Gasteiger partial charge in [0.25, 0.3) is 5.91 Å². The SMILES string of the molecule is O=C[C@H]1C[C@H]2CSC(NC(=O)c3ccccc3)=N[C@@]2(c2nc(Br)cs2)CO1. The Morgan fingerprint density at radius 2 is 2.19 bits per heavy atom. The third-order valence-electron chi connectivity index (χ3n) is 4.69. The van der Waals surface area contributed by atoms with Gasteiger partial charge in [-0.1, -0.05) is 30.0 Å². The molecule has 140 valence electrons. The molecule has 1 saturated heterocycles. The average molecular weight is 466 g/mol. The van der Waals surface area contributed by atoms with Crippen molar-refractivity contribution < 1.29 is 14.3 Å². The van der Waals surface area contributed by atoms with Gasteiger partial charge < -0.3 is 14.8 Å². The molecule has 1 N–H and O–H groups in total. The lowest BCUT2D eigenvalue weighted by Gasteiger charge is -2.44. The molecule has 9 heteroatoms. The van der Waals surface area contributed by atoms with Crippen molar-refractivity contribution in [2.75, 3.05) is 12.4 Å². The molecule has 2 aliphatic heterocycles. The number of thiazole rings is 1. The van der Waals surface area contributed by atoms with Crippen molar-refractivity contribution in [1.82, 2.24) is 10.3 Å². The summed E-state index contributed by atoms with van der Waals surface area (Å²) < 4.78 is 6.50. The van der Waals surface area contributed by atoms with E-state index in [0.717, 1.165) is 21.6 Å². The van der Waals surface area contributed by atoms with Gasteiger partial charge in [0, 0.05) is 22.6 Å². The van der Waals surface area contributed by atoms with Crippen LogP contribution in [0.5, 0.6) is 0 Å². The molecule has 6 nitrogen and oxygen atoms in total. The molecule has 0 unspecified atom stereocenters. The highest BCUT2D eigenvalue weighted by atomic mass is 79.9. The largest absolute Gasteiger partial charge is 0.368 e. The Balaban J connectivity index is 1.65. The molecule has 2 aliphatic rings. The average Bonchev–Trinajstić information content (AvgIpc) is 3.15. The summed E-state index contributed by atoms with van der Waals surface area (Å²) in [6.45, 7) is 0.270. The van der Waals surface area contributed by atoms with E-state index in [9.17, 15) is 9.59 Å². The van der Waals surface area contributed by atoms with E-state index in [1.54, 1.807) is 12.1 Å². The Morgan fingerprint density at radius 1 is 1.37 bits per heavy atom. The molecule has 0 radical (unpaired) electrons. The second-order valence-electron chi connectivity index (χ2n) is 6.37. The first-order chi connectivity index (χ1) is 13.1. The number of carbonyl (C=O) groups excluding carboxylic acids is 2. The van der Waals surface area contributed by atoms with E-state index >= 15 is 0 Å². The summed E-state index contributed by atoms with van der Waals surface area (Å²) >= 11 is 6.40. The van der Waals surface area contributed by atoms with E-state index < -0.39 is 11.6 Å². The number of nitrogens with zero attached hydrogens (tertiary/aromatic N) is 2. The highest BCUT2D eigenvalue weighted by molar-refractivity contribution is 9.10. The number of nitrogens with one attached hydrogen (secondary N) is 1. The fraction of sp³-hybridized carbons (Fsp3) is 0.333. The van der Waals surface area contributed by atoms with Gasteiger partial charge >= 0.3 is 0 Å². The van der Waals surface area contributed by atoms with Crippen LogP contribution in [0.2, 0.25) is 0 Å². The summed E-state index contributed by atoms with van der Waals surface area (Å²) in [5, 5.41) is 6.20. The first-order valence-corrected chi connectivity index (χ1v) is 11.0. The first kappa shape index (κ1) is 18.8. The highest BCUT2D eigenvalue weighted by Gasteiger charge is 2.50. The minimum atomic E-state index is -0.680. The van der Waals surface area contributed by atoms with Crippen molar-refractivity contribution in [3.63, 3.8) is 0 Å². The van der Waals surface area contributed by atoms with Crippen LogP contribution < -0.4 is 5.32 Å². The molecule has 4 rings (SSSR count). The van der Waals surface area contributed by atoms with Crippen molar-refractivity contribution >= 4 is 56.4 Å². The molecule has 27 heavy (non-hydrogen) atoms. The van der Waals surface area contributed by atoms with Crippen LogP contribution in [-0.2, 0) is 15.1 Å². The number of aldehydes is 1. The number of carbonyl (C=O) groups is 2. The molecular weight excluding hydrogens is 450 g/mol. The van der Waals surface area contributed by atoms with Crippen LogP contribution >= 0.6 is 39.0 Å². The van der Waals surface area contributed by atoms with E-state index in [0.29, 0.717) is 17.2 Å². The van der Waals surface area contributed by atoms with Crippen LogP contribution in [0.4, 0.5) is 0 Å². The third-order valence-corrected chi connectivity index (χ3v) is 7.44. The number of aliphatic imine (C=N–C) groups is 1. The predicted molar refractivity (Wildman–Crippen MR) is 109 cm³/mol. The number of ether oxygens (including phenoxy) is 1. The van der Waals surface area contributed by atoms with Crippen molar-refractivity contribution in [3.05, 3.63) is 50.9 Å². The third kappa shape index (κ3) is 3.73. The Labute approximate surface area is 172 Å². The minimum absolute atomic E-state index is 0.113. The Morgan fingerprint density at radius 3 is 2.89 bits per heavy atom. The van der Waals surface area contributed by atoms with Gasteiger partial charge in [-0.2, -0.15) is 0 Å². The van der Waals surface area contributed by atoms with Crippen molar-refractivity contribution in [2.24, 2.45) is 10.9 Å². The van der Waals surface area contributed by atoms with E-state index in [2.05, 4.69) is 26.2 Å². The van der Waals surface area contributed by atoms with Crippen LogP contribution in [0.3, 0.4) is 0 Å². The van der Waals surface area contributed by atoms with E-state index in [1.807, 2.05) is 23.6 Å². The quantitative estimate of drug-likeness (QED) is 0.703. The van der Waals surface area contributed by atoms with Gasteiger partial charge in [0.2, 0.25) is 0 Å². The Bertz CT molecular complexity index is 889. The zero-order valence-corrected chi connectivity index (χ0v) is 17.4. The number of amides is 1. The van der Waals surface area contributed by atoms with Crippen LogP contribution in [0.15, 0.2) is 45.3 Å². The molecule has 3 heterocycles. The van der Waals surface area contributed by atoms with E-state index in [-0.39, 0.29) is 18.4 Å².